The first kappa shape index (κ1) is 23.1. The minimum absolute atomic E-state index is 0.0900. The van der Waals surface area contributed by atoms with E-state index in [0.717, 1.165) is 29.8 Å². The number of anilines is 2. The number of ether oxygens (including phenoxy) is 3. The summed E-state index contributed by atoms with van der Waals surface area (Å²) < 4.78 is 16.3. The zero-order chi connectivity index (χ0) is 24.4. The molecule has 0 radical (unpaired) electrons. The maximum Gasteiger partial charge on any atom is 0.214 e. The lowest BCUT2D eigenvalue weighted by Crippen LogP contribution is -2.11. The van der Waals surface area contributed by atoms with Gasteiger partial charge in [0.05, 0.1) is 46.9 Å². The third-order valence-corrected chi connectivity index (χ3v) is 6.28. The van der Waals surface area contributed by atoms with Crippen LogP contribution < -0.4 is 14.8 Å². The first-order valence-corrected chi connectivity index (χ1v) is 11.7. The number of aromatic nitrogens is 3. The Morgan fingerprint density at radius 1 is 1.11 bits per heavy atom. The Morgan fingerprint density at radius 3 is 2.83 bits per heavy atom. The molecule has 0 atom stereocenters. The van der Waals surface area contributed by atoms with Gasteiger partial charge in [0.15, 0.2) is 11.5 Å². The molecule has 0 saturated carbocycles. The normalized spacial score (nSPS) is 13.1. The molecular formula is C26H25ClN4O4. The standard InChI is InChI=1S/C26H25ClN4O4/c1-33-13-14-35-21-10-9-18-23(31-21)15(11-12-28-18)24-25(22-17(29-24)6-4-8-20(22)32)30-19-7-3-5-16(27)26(19)34-2/h3,5,7,9-12,29-30H,4,6,8,13-14H2,1-2H3. The lowest BCUT2D eigenvalue weighted by Gasteiger charge is -2.16. The summed E-state index contributed by atoms with van der Waals surface area (Å²) in [5.74, 6) is 1.07. The number of hydrogen-bond acceptors (Lipinski definition) is 7. The highest BCUT2D eigenvalue weighted by atomic mass is 35.5. The average molecular weight is 493 g/mol. The summed E-state index contributed by atoms with van der Waals surface area (Å²) in [5, 5.41) is 3.91. The Labute approximate surface area is 207 Å². The van der Waals surface area contributed by atoms with Crippen molar-refractivity contribution >= 4 is 39.8 Å². The van der Waals surface area contributed by atoms with Crippen LogP contribution >= 0.6 is 11.6 Å². The zero-order valence-corrected chi connectivity index (χ0v) is 20.2. The van der Waals surface area contributed by atoms with Gasteiger partial charge in [-0.25, -0.2) is 4.98 Å². The van der Waals surface area contributed by atoms with Gasteiger partial charge in [-0.05, 0) is 37.1 Å². The van der Waals surface area contributed by atoms with Gasteiger partial charge >= 0.3 is 0 Å². The second-order valence-electron chi connectivity index (χ2n) is 8.17. The number of nitrogens with one attached hydrogen (secondary N) is 2. The topological polar surface area (TPSA) is 98.4 Å². The van der Waals surface area contributed by atoms with E-state index in [1.807, 2.05) is 24.3 Å². The van der Waals surface area contributed by atoms with Crippen LogP contribution in [0, 0.1) is 0 Å². The van der Waals surface area contributed by atoms with E-state index in [2.05, 4.69) is 15.3 Å². The van der Waals surface area contributed by atoms with Gasteiger partial charge in [-0.1, -0.05) is 17.7 Å². The quantitative estimate of drug-likeness (QED) is 0.310. The summed E-state index contributed by atoms with van der Waals surface area (Å²) in [5.41, 5.74) is 5.82. The van der Waals surface area contributed by atoms with Gasteiger partial charge in [-0.3, -0.25) is 9.78 Å². The molecule has 9 heteroatoms. The molecule has 0 saturated heterocycles. The Hall–Kier alpha value is -3.62. The van der Waals surface area contributed by atoms with Crippen molar-refractivity contribution in [3.05, 3.63) is 58.9 Å². The van der Waals surface area contributed by atoms with Gasteiger partial charge in [0.1, 0.15) is 12.1 Å². The van der Waals surface area contributed by atoms with Crippen molar-refractivity contribution in [3.63, 3.8) is 0 Å². The molecule has 0 amide bonds. The molecule has 180 valence electrons. The summed E-state index contributed by atoms with van der Waals surface area (Å²) in [7, 11) is 3.19. The van der Waals surface area contributed by atoms with E-state index >= 15 is 0 Å². The van der Waals surface area contributed by atoms with Gasteiger partial charge in [-0.15, -0.1) is 0 Å². The molecule has 1 aromatic carbocycles. The van der Waals surface area contributed by atoms with Crippen molar-refractivity contribution in [2.24, 2.45) is 0 Å². The van der Waals surface area contributed by atoms with Crippen LogP contribution in [-0.2, 0) is 11.2 Å². The Bertz CT molecular complexity index is 1400. The Morgan fingerprint density at radius 2 is 2.00 bits per heavy atom. The monoisotopic (exact) mass is 492 g/mol. The van der Waals surface area contributed by atoms with E-state index in [1.165, 1.54) is 0 Å². The van der Waals surface area contributed by atoms with Crippen molar-refractivity contribution in [1.82, 2.24) is 15.0 Å². The number of nitrogens with zero attached hydrogens (tertiary/aromatic N) is 2. The molecule has 0 fully saturated rings. The number of aryl methyl sites for hydroxylation is 1. The van der Waals surface area contributed by atoms with E-state index in [1.54, 1.807) is 32.5 Å². The average Bonchev–Trinajstić information content (AvgIpc) is 3.23. The minimum atomic E-state index is 0.0900. The molecule has 0 bridgehead atoms. The van der Waals surface area contributed by atoms with Crippen LogP contribution in [0.4, 0.5) is 11.4 Å². The molecule has 0 aliphatic heterocycles. The second-order valence-corrected chi connectivity index (χ2v) is 8.58. The highest BCUT2D eigenvalue weighted by Crippen LogP contribution is 2.43. The smallest absolute Gasteiger partial charge is 0.214 e. The molecule has 5 rings (SSSR count). The second kappa shape index (κ2) is 9.93. The molecule has 4 aromatic rings. The predicted octanol–water partition coefficient (Wildman–Crippen LogP) is 5.57. The molecule has 8 nitrogen and oxygen atoms in total. The number of hydrogen-bond donors (Lipinski definition) is 2. The van der Waals surface area contributed by atoms with Crippen LogP contribution in [0.2, 0.25) is 5.02 Å². The third-order valence-electron chi connectivity index (χ3n) is 5.98. The highest BCUT2D eigenvalue weighted by Gasteiger charge is 2.28. The van der Waals surface area contributed by atoms with Crippen LogP contribution in [0.3, 0.4) is 0 Å². The molecule has 1 aliphatic rings. The number of carbonyl (C=O) groups is 1. The Balaban J connectivity index is 1.67. The minimum Gasteiger partial charge on any atom is -0.493 e. The van der Waals surface area contributed by atoms with E-state index < -0.39 is 0 Å². The fourth-order valence-electron chi connectivity index (χ4n) is 4.39. The van der Waals surface area contributed by atoms with Gasteiger partial charge in [0.2, 0.25) is 5.88 Å². The van der Waals surface area contributed by atoms with E-state index in [-0.39, 0.29) is 5.78 Å². The summed E-state index contributed by atoms with van der Waals surface area (Å²) in [6.45, 7) is 0.845. The number of aromatic amines is 1. The lowest BCUT2D eigenvalue weighted by atomic mass is 9.94. The fourth-order valence-corrected chi connectivity index (χ4v) is 4.64. The van der Waals surface area contributed by atoms with Crippen LogP contribution in [0.25, 0.3) is 22.3 Å². The first-order chi connectivity index (χ1) is 17.1. The number of ketones is 1. The number of rotatable bonds is 8. The lowest BCUT2D eigenvalue weighted by molar-refractivity contribution is 0.0973. The van der Waals surface area contributed by atoms with Gasteiger partial charge in [-0.2, -0.15) is 0 Å². The number of Topliss-reactive ketones (excluding diaryl/α,β-unsaturated/α-hetero) is 1. The molecule has 1 aliphatic carbocycles. The molecule has 3 heterocycles. The van der Waals surface area contributed by atoms with Crippen LogP contribution in [0.15, 0.2) is 42.6 Å². The van der Waals surface area contributed by atoms with Crippen molar-refractivity contribution in [1.29, 1.82) is 0 Å². The molecule has 3 aromatic heterocycles. The summed E-state index contributed by atoms with van der Waals surface area (Å²) in [6, 6.07) is 11.0. The number of para-hydroxylation sites is 1. The summed E-state index contributed by atoms with van der Waals surface area (Å²) >= 11 is 6.37. The van der Waals surface area contributed by atoms with Crippen molar-refractivity contribution < 1.29 is 19.0 Å². The molecule has 0 unspecified atom stereocenters. The van der Waals surface area contributed by atoms with Gasteiger partial charge < -0.3 is 24.5 Å². The van der Waals surface area contributed by atoms with E-state index in [0.29, 0.717) is 64.3 Å². The van der Waals surface area contributed by atoms with Crippen LogP contribution in [0.5, 0.6) is 11.6 Å². The molecule has 35 heavy (non-hydrogen) atoms. The van der Waals surface area contributed by atoms with Crippen molar-refractivity contribution in [2.45, 2.75) is 19.3 Å². The molecular weight excluding hydrogens is 468 g/mol. The van der Waals surface area contributed by atoms with Crippen molar-refractivity contribution in [2.75, 3.05) is 32.8 Å². The number of fused-ring (bicyclic) bond motifs is 2. The number of H-pyrrole nitrogens is 1. The molecule has 0 spiro atoms. The maximum absolute atomic E-state index is 13.0. The van der Waals surface area contributed by atoms with E-state index in [9.17, 15) is 4.79 Å². The van der Waals surface area contributed by atoms with E-state index in [4.69, 9.17) is 30.8 Å². The summed E-state index contributed by atoms with van der Waals surface area (Å²) in [6.07, 6.45) is 3.82. The summed E-state index contributed by atoms with van der Waals surface area (Å²) in [4.78, 5) is 25.7. The van der Waals surface area contributed by atoms with Gasteiger partial charge in [0.25, 0.3) is 0 Å². The van der Waals surface area contributed by atoms with Gasteiger partial charge in [0, 0.05) is 37.1 Å². The SMILES string of the molecule is COCCOc1ccc2nccc(-c3[nH]c4c(c3Nc3cccc(Cl)c3OC)C(=O)CCC4)c2n1. The maximum atomic E-state index is 13.0. The van der Waals surface area contributed by atoms with Crippen LogP contribution in [0.1, 0.15) is 28.9 Å². The molecule has 2 N–H and O–H groups in total. The Kier molecular flexibility index (Phi) is 6.57. The predicted molar refractivity (Wildman–Crippen MR) is 135 cm³/mol. The first-order valence-electron chi connectivity index (χ1n) is 11.4. The number of benzene rings is 1. The number of methoxy groups -OCH3 is 2. The highest BCUT2D eigenvalue weighted by molar-refractivity contribution is 6.32. The zero-order valence-electron chi connectivity index (χ0n) is 19.5. The number of pyridine rings is 2. The van der Waals surface area contributed by atoms with Crippen LogP contribution in [-0.4, -0.2) is 48.2 Å². The largest absolute Gasteiger partial charge is 0.493 e. The fraction of sp³-hybridized carbons (Fsp3) is 0.269. The van der Waals surface area contributed by atoms with Crippen molar-refractivity contribution in [3.8, 4) is 22.9 Å². The number of carbonyl (C=O) groups excluding carboxylic acids is 1. The third kappa shape index (κ3) is 4.42. The number of halogens is 1.